The predicted molar refractivity (Wildman–Crippen MR) is 133 cm³/mol. The molecule has 0 aliphatic carbocycles. The Morgan fingerprint density at radius 2 is 1.69 bits per heavy atom. The fourth-order valence-corrected chi connectivity index (χ4v) is 4.51. The average molecular weight is 543 g/mol. The summed E-state index contributed by atoms with van der Waals surface area (Å²) < 4.78 is 33.4. The zero-order chi connectivity index (χ0) is 25.4. The molecule has 0 aromatic heterocycles. The van der Waals surface area contributed by atoms with E-state index >= 15 is 0 Å². The minimum Gasteiger partial charge on any atom is -0.507 e. The van der Waals surface area contributed by atoms with Crippen LogP contribution in [0.2, 0.25) is 0 Å². The maximum atomic E-state index is 14.1. The van der Waals surface area contributed by atoms with Crippen molar-refractivity contribution in [2.45, 2.75) is 6.04 Å². The van der Waals surface area contributed by atoms with Crippen LogP contribution in [0.5, 0.6) is 5.75 Å². The van der Waals surface area contributed by atoms with Gasteiger partial charge in [-0.15, -0.1) is 0 Å². The van der Waals surface area contributed by atoms with Gasteiger partial charge in [0.05, 0.1) is 23.2 Å². The van der Waals surface area contributed by atoms with Crippen LogP contribution < -0.4 is 14.5 Å². The average Bonchev–Trinajstić information content (AvgIpc) is 3.10. The highest BCUT2D eigenvalue weighted by atomic mass is 79.9. The number of carbonyl (C=O) groups is 2. The standard InChI is InChI=1S/C26H21BrF2N2O4/c1-30(2)16-7-4-14(5-8-16)23-22(24(32)15-6-11-21(35-3)18(27)12-15)25(33)26(34)31(23)17-9-10-19(28)20(29)13-17/h4-13,23,32H,1-3H3/b24-22+. The Morgan fingerprint density at radius 1 is 1.00 bits per heavy atom. The van der Waals surface area contributed by atoms with E-state index in [0.29, 0.717) is 15.8 Å². The molecule has 1 fully saturated rings. The number of hydrogen-bond acceptors (Lipinski definition) is 5. The molecule has 180 valence electrons. The van der Waals surface area contributed by atoms with E-state index in [1.807, 2.05) is 19.0 Å². The van der Waals surface area contributed by atoms with Gasteiger partial charge in [0.15, 0.2) is 11.6 Å². The fraction of sp³-hybridized carbons (Fsp3) is 0.154. The first kappa shape index (κ1) is 24.4. The lowest BCUT2D eigenvalue weighted by Gasteiger charge is -2.26. The van der Waals surface area contributed by atoms with Gasteiger partial charge in [0.25, 0.3) is 11.7 Å². The molecular formula is C26H21BrF2N2O4. The summed E-state index contributed by atoms with van der Waals surface area (Å²) in [6, 6.07) is 13.6. The first-order chi connectivity index (χ1) is 16.6. The van der Waals surface area contributed by atoms with E-state index in [9.17, 15) is 23.5 Å². The topological polar surface area (TPSA) is 70.1 Å². The highest BCUT2D eigenvalue weighted by Gasteiger charge is 2.47. The van der Waals surface area contributed by atoms with Gasteiger partial charge in [0.2, 0.25) is 0 Å². The molecule has 9 heteroatoms. The first-order valence-corrected chi connectivity index (χ1v) is 11.3. The van der Waals surface area contributed by atoms with Gasteiger partial charge in [-0.1, -0.05) is 12.1 Å². The number of anilines is 2. The third kappa shape index (κ3) is 4.39. The molecule has 0 bridgehead atoms. The second-order valence-corrected chi connectivity index (χ2v) is 8.96. The molecule has 0 spiro atoms. The molecule has 3 aromatic carbocycles. The van der Waals surface area contributed by atoms with E-state index < -0.39 is 35.1 Å². The van der Waals surface area contributed by atoms with Gasteiger partial charge in [0, 0.05) is 37.1 Å². The Labute approximate surface area is 209 Å². The van der Waals surface area contributed by atoms with E-state index in [2.05, 4.69) is 15.9 Å². The maximum Gasteiger partial charge on any atom is 0.300 e. The van der Waals surface area contributed by atoms with E-state index in [-0.39, 0.29) is 16.8 Å². The number of methoxy groups -OCH3 is 1. The zero-order valence-corrected chi connectivity index (χ0v) is 20.6. The number of nitrogens with zero attached hydrogens (tertiary/aromatic N) is 2. The van der Waals surface area contributed by atoms with Gasteiger partial charge in [0.1, 0.15) is 11.5 Å². The molecule has 35 heavy (non-hydrogen) atoms. The fourth-order valence-electron chi connectivity index (χ4n) is 3.97. The van der Waals surface area contributed by atoms with Crippen molar-refractivity contribution in [1.82, 2.24) is 0 Å². The summed E-state index contributed by atoms with van der Waals surface area (Å²) in [5.74, 6) is -4.05. The highest BCUT2D eigenvalue weighted by Crippen LogP contribution is 2.43. The van der Waals surface area contributed by atoms with Crippen molar-refractivity contribution in [3.8, 4) is 5.75 Å². The van der Waals surface area contributed by atoms with E-state index in [1.165, 1.54) is 13.2 Å². The van der Waals surface area contributed by atoms with E-state index in [4.69, 9.17) is 4.74 Å². The van der Waals surface area contributed by atoms with Crippen LogP contribution in [0.4, 0.5) is 20.2 Å². The van der Waals surface area contributed by atoms with Crippen LogP contribution in [0.25, 0.3) is 5.76 Å². The van der Waals surface area contributed by atoms with Crippen LogP contribution in [-0.2, 0) is 9.59 Å². The summed E-state index contributed by atoms with van der Waals surface area (Å²) >= 11 is 3.35. The minimum atomic E-state index is -1.16. The number of aliphatic hydroxyl groups excluding tert-OH is 1. The van der Waals surface area contributed by atoms with Crippen molar-refractivity contribution >= 4 is 44.8 Å². The third-order valence-electron chi connectivity index (χ3n) is 5.78. The predicted octanol–water partition coefficient (Wildman–Crippen LogP) is 5.43. The Balaban J connectivity index is 1.93. The number of carbonyl (C=O) groups excluding carboxylic acids is 2. The van der Waals surface area contributed by atoms with Crippen LogP contribution in [0.1, 0.15) is 17.2 Å². The number of rotatable bonds is 5. The number of aliphatic hydroxyl groups is 1. The normalized spacial score (nSPS) is 17.1. The monoisotopic (exact) mass is 542 g/mol. The molecule has 1 N–H and O–H groups in total. The lowest BCUT2D eigenvalue weighted by Crippen LogP contribution is -2.29. The molecule has 3 aromatic rings. The molecule has 1 heterocycles. The summed E-state index contributed by atoms with van der Waals surface area (Å²) in [5.41, 5.74) is 1.47. The molecule has 1 aliphatic heterocycles. The molecule has 1 saturated heterocycles. The smallest absolute Gasteiger partial charge is 0.300 e. The molecule has 1 aliphatic rings. The first-order valence-electron chi connectivity index (χ1n) is 10.5. The number of amides is 1. The van der Waals surface area contributed by atoms with Gasteiger partial charge in [-0.2, -0.15) is 0 Å². The summed E-state index contributed by atoms with van der Waals surface area (Å²) in [4.78, 5) is 29.3. The SMILES string of the molecule is COc1ccc(/C(O)=C2\C(=O)C(=O)N(c3ccc(F)c(F)c3)C2c2ccc(N(C)C)cc2)cc1Br. The van der Waals surface area contributed by atoms with E-state index in [1.54, 1.807) is 42.5 Å². The highest BCUT2D eigenvalue weighted by molar-refractivity contribution is 9.10. The number of ketones is 1. The van der Waals surface area contributed by atoms with Crippen LogP contribution in [-0.4, -0.2) is 38.0 Å². The van der Waals surface area contributed by atoms with Gasteiger partial charge in [-0.05, 0) is 64.0 Å². The largest absolute Gasteiger partial charge is 0.507 e. The van der Waals surface area contributed by atoms with Gasteiger partial charge >= 0.3 is 0 Å². The minimum absolute atomic E-state index is 0.0114. The number of halogens is 3. The van der Waals surface area contributed by atoms with Crippen LogP contribution >= 0.6 is 15.9 Å². The molecule has 0 saturated carbocycles. The summed E-state index contributed by atoms with van der Waals surface area (Å²) in [6.07, 6.45) is 0. The molecule has 1 amide bonds. The Bertz CT molecular complexity index is 1360. The number of Topliss-reactive ketones (excluding diaryl/α,β-unsaturated/α-hetero) is 1. The van der Waals surface area contributed by atoms with Crippen molar-refractivity contribution in [2.24, 2.45) is 0 Å². The van der Waals surface area contributed by atoms with Crippen molar-refractivity contribution in [1.29, 1.82) is 0 Å². The van der Waals surface area contributed by atoms with E-state index in [0.717, 1.165) is 22.7 Å². The Hall–Kier alpha value is -3.72. The van der Waals surface area contributed by atoms with Crippen molar-refractivity contribution in [3.63, 3.8) is 0 Å². The number of ether oxygens (including phenoxy) is 1. The van der Waals surface area contributed by atoms with Gasteiger partial charge < -0.3 is 14.7 Å². The Morgan fingerprint density at radius 3 is 2.26 bits per heavy atom. The van der Waals surface area contributed by atoms with Crippen LogP contribution in [0, 0.1) is 11.6 Å². The van der Waals surface area contributed by atoms with Gasteiger partial charge in [-0.25, -0.2) is 8.78 Å². The molecule has 1 atom stereocenters. The molecular weight excluding hydrogens is 522 g/mol. The number of hydrogen-bond donors (Lipinski definition) is 1. The second kappa shape index (κ2) is 9.50. The number of benzene rings is 3. The van der Waals surface area contributed by atoms with Crippen LogP contribution in [0.3, 0.4) is 0 Å². The van der Waals surface area contributed by atoms with Crippen molar-refractivity contribution in [3.05, 3.63) is 93.5 Å². The Kier molecular flexibility index (Phi) is 6.62. The zero-order valence-electron chi connectivity index (χ0n) is 19.1. The summed E-state index contributed by atoms with van der Waals surface area (Å²) in [7, 11) is 5.22. The third-order valence-corrected chi connectivity index (χ3v) is 6.40. The van der Waals surface area contributed by atoms with Gasteiger partial charge in [-0.3, -0.25) is 14.5 Å². The lowest BCUT2D eigenvalue weighted by atomic mass is 9.95. The molecule has 1 unspecified atom stereocenters. The second-order valence-electron chi connectivity index (χ2n) is 8.10. The molecule has 0 radical (unpaired) electrons. The van der Waals surface area contributed by atoms with Crippen molar-refractivity contribution in [2.75, 3.05) is 31.0 Å². The molecule has 6 nitrogen and oxygen atoms in total. The summed E-state index contributed by atoms with van der Waals surface area (Å²) in [6.45, 7) is 0. The quantitative estimate of drug-likeness (QED) is 0.264. The summed E-state index contributed by atoms with van der Waals surface area (Å²) in [5, 5.41) is 11.2. The lowest BCUT2D eigenvalue weighted by molar-refractivity contribution is -0.132. The molecule has 4 rings (SSSR count). The van der Waals surface area contributed by atoms with Crippen LogP contribution in [0.15, 0.2) is 70.7 Å². The maximum absolute atomic E-state index is 14.1. The van der Waals surface area contributed by atoms with Crippen molar-refractivity contribution < 1.29 is 28.2 Å².